The number of alkyl halides is 3. The van der Waals surface area contributed by atoms with Gasteiger partial charge in [-0.2, -0.15) is 13.2 Å². The number of benzene rings is 2. The van der Waals surface area contributed by atoms with Gasteiger partial charge in [0.15, 0.2) is 11.7 Å². The summed E-state index contributed by atoms with van der Waals surface area (Å²) >= 11 is 0. The molecular weight excluding hydrogens is 456 g/mol. The highest BCUT2D eigenvalue weighted by Gasteiger charge is 2.26. The normalized spacial score (nSPS) is 12.6. The van der Waals surface area contributed by atoms with Crippen LogP contribution in [0.25, 0.3) is 11.3 Å². The lowest BCUT2D eigenvalue weighted by Crippen LogP contribution is -2.13. The summed E-state index contributed by atoms with van der Waals surface area (Å²) < 4.78 is 56.5. The van der Waals surface area contributed by atoms with E-state index in [1.165, 1.54) is 36.5 Å². The molecule has 0 saturated carbocycles. The minimum Gasteiger partial charge on any atom is -0.478 e. The van der Waals surface area contributed by atoms with Crippen molar-refractivity contribution in [3.63, 3.8) is 0 Å². The van der Waals surface area contributed by atoms with Crippen molar-refractivity contribution in [1.82, 2.24) is 9.97 Å². The van der Waals surface area contributed by atoms with E-state index in [1.807, 2.05) is 0 Å². The summed E-state index contributed by atoms with van der Waals surface area (Å²) in [5.74, 6) is -1.65. The van der Waals surface area contributed by atoms with Crippen molar-refractivity contribution < 1.29 is 32.2 Å². The molecule has 0 saturated heterocycles. The molecule has 1 heterocycles. The highest BCUT2D eigenvalue weighted by atomic mass is 19.4. The number of allylic oxidation sites excluding steroid dienone is 1. The van der Waals surface area contributed by atoms with Crippen LogP contribution in [0.3, 0.4) is 0 Å². The van der Waals surface area contributed by atoms with E-state index in [4.69, 9.17) is 10.5 Å². The fourth-order valence-electron chi connectivity index (χ4n) is 2.99. The van der Waals surface area contributed by atoms with Crippen molar-refractivity contribution in [1.29, 1.82) is 0 Å². The molecule has 3 rings (SSSR count). The van der Waals surface area contributed by atoms with Crippen LogP contribution in [0.15, 0.2) is 65.6 Å². The lowest BCUT2D eigenvalue weighted by molar-refractivity contribution is -0.132. The summed E-state index contributed by atoms with van der Waals surface area (Å²) in [5.41, 5.74) is 7.60. The van der Waals surface area contributed by atoms with Crippen molar-refractivity contribution >= 4 is 11.7 Å². The van der Waals surface area contributed by atoms with Gasteiger partial charge in [0.05, 0.1) is 23.9 Å². The number of halogens is 4. The lowest BCUT2D eigenvalue weighted by Gasteiger charge is -2.07. The molecule has 178 valence electrons. The maximum Gasteiger partial charge on any atom is 0.390 e. The topological polar surface area (TPSA) is 114 Å². The van der Waals surface area contributed by atoms with Gasteiger partial charge in [-0.05, 0) is 42.3 Å². The Morgan fingerprint density at radius 2 is 2.03 bits per heavy atom. The van der Waals surface area contributed by atoms with Gasteiger partial charge in [0.2, 0.25) is 0 Å². The van der Waals surface area contributed by atoms with E-state index in [-0.39, 0.29) is 28.7 Å². The predicted octanol–water partition coefficient (Wildman–Crippen LogP) is 4.84. The zero-order chi connectivity index (χ0) is 24.9. The number of aryl methyl sites for hydroxylation is 1. The van der Waals surface area contributed by atoms with E-state index in [9.17, 15) is 27.5 Å². The fraction of sp³-hybridized carbons (Fsp3) is 0.174. The average Bonchev–Trinajstić information content (AvgIpc) is 3.22. The number of nitrogens with two attached hydrogens (primary N) is 1. The molecule has 1 aromatic heterocycles. The molecule has 3 aromatic rings. The fourth-order valence-corrected chi connectivity index (χ4v) is 2.99. The quantitative estimate of drug-likeness (QED) is 0.245. The first-order valence-corrected chi connectivity index (χ1v) is 9.93. The Labute approximate surface area is 191 Å². The number of H-pyrrole nitrogens is 1. The van der Waals surface area contributed by atoms with Crippen LogP contribution in [0.2, 0.25) is 0 Å². The van der Waals surface area contributed by atoms with Crippen LogP contribution in [0.1, 0.15) is 28.2 Å². The Morgan fingerprint density at radius 3 is 2.68 bits per heavy atom. The van der Waals surface area contributed by atoms with Crippen LogP contribution >= 0.6 is 0 Å². The smallest absolute Gasteiger partial charge is 0.390 e. The first kappa shape index (κ1) is 24.5. The summed E-state index contributed by atoms with van der Waals surface area (Å²) in [4.78, 5) is 22.3. The number of rotatable bonds is 8. The molecule has 34 heavy (non-hydrogen) atoms. The minimum absolute atomic E-state index is 0.0109. The predicted molar refractivity (Wildman–Crippen MR) is 117 cm³/mol. The monoisotopic (exact) mass is 476 g/mol. The van der Waals surface area contributed by atoms with Gasteiger partial charge in [-0.25, -0.2) is 14.2 Å². The molecule has 7 nitrogen and oxygen atoms in total. The molecule has 0 bridgehead atoms. The molecule has 0 atom stereocenters. The molecule has 11 heteroatoms. The number of ether oxygens (including phenoxy) is 1. The van der Waals surface area contributed by atoms with Gasteiger partial charge >= 0.3 is 12.1 Å². The number of nitrogens with zero attached hydrogens (tertiary/aromatic N) is 2. The van der Waals surface area contributed by atoms with Crippen LogP contribution in [0.5, 0.6) is 5.75 Å². The van der Waals surface area contributed by atoms with Gasteiger partial charge in [-0.3, -0.25) is 4.99 Å². The molecule has 0 amide bonds. The number of aromatic amines is 1. The third-order valence-electron chi connectivity index (χ3n) is 4.57. The van der Waals surface area contributed by atoms with E-state index in [2.05, 4.69) is 15.0 Å². The number of carbonyl (C=O) groups is 1. The van der Waals surface area contributed by atoms with Crippen molar-refractivity contribution in [2.24, 2.45) is 10.7 Å². The maximum absolute atomic E-state index is 13.4. The molecule has 0 aliphatic rings. The molecule has 0 spiro atoms. The van der Waals surface area contributed by atoms with Crippen LogP contribution in [0.4, 0.5) is 17.6 Å². The molecular formula is C23H20F4N4O3. The third-order valence-corrected chi connectivity index (χ3v) is 4.57. The Kier molecular flexibility index (Phi) is 7.34. The molecule has 0 fully saturated rings. The lowest BCUT2D eigenvalue weighted by atomic mass is 10.0. The number of aromatic carboxylic acids is 1. The Morgan fingerprint density at radius 1 is 1.26 bits per heavy atom. The van der Waals surface area contributed by atoms with Crippen molar-refractivity contribution in [2.75, 3.05) is 6.54 Å². The van der Waals surface area contributed by atoms with Gasteiger partial charge in [0.1, 0.15) is 17.3 Å². The first-order valence-electron chi connectivity index (χ1n) is 9.93. The molecule has 0 aliphatic carbocycles. The summed E-state index contributed by atoms with van der Waals surface area (Å²) in [6.45, 7) is 1.06. The second kappa shape index (κ2) is 10.2. The largest absolute Gasteiger partial charge is 0.478 e. The molecule has 2 aromatic carbocycles. The molecule has 0 radical (unpaired) electrons. The molecule has 4 N–H and O–H groups in total. The molecule has 0 aliphatic heterocycles. The average molecular weight is 476 g/mol. The summed E-state index contributed by atoms with van der Waals surface area (Å²) in [5, 5.41) is 9.18. The van der Waals surface area contributed by atoms with E-state index in [0.29, 0.717) is 16.8 Å². The van der Waals surface area contributed by atoms with E-state index in [0.717, 1.165) is 6.07 Å². The van der Waals surface area contributed by atoms with Crippen molar-refractivity contribution in [3.05, 3.63) is 83.4 Å². The summed E-state index contributed by atoms with van der Waals surface area (Å²) in [6.07, 6.45) is -2.94. The first-order chi connectivity index (χ1) is 16.0. The standard InChI is InChI=1S/C23H20F4N4O3/c1-13-9-14(5-6-17(13)22(32)33)19-12-30-21(31-19)18(29-8-7-23(25,26)27)11-20(28)34-16-4-2-3-15(24)10-16/h2-6,9-12H,7-8,28H2,1H3,(H,30,31)(H,32,33). The number of hydrogen-bond donors (Lipinski definition) is 3. The zero-order valence-corrected chi connectivity index (χ0v) is 17.9. The number of hydrogen-bond acceptors (Lipinski definition) is 5. The second-order valence-electron chi connectivity index (χ2n) is 7.22. The van der Waals surface area contributed by atoms with Crippen LogP contribution in [0, 0.1) is 12.7 Å². The third kappa shape index (κ3) is 6.67. The highest BCUT2D eigenvalue weighted by Crippen LogP contribution is 2.22. The Balaban J connectivity index is 1.91. The number of aliphatic imine (C=N–C) groups is 1. The van der Waals surface area contributed by atoms with Crippen molar-refractivity contribution in [3.8, 4) is 17.0 Å². The van der Waals surface area contributed by atoms with E-state index >= 15 is 0 Å². The van der Waals surface area contributed by atoms with Gasteiger partial charge in [-0.1, -0.05) is 12.1 Å². The number of carboxylic acids is 1. The second-order valence-corrected chi connectivity index (χ2v) is 7.22. The van der Waals surface area contributed by atoms with Crippen LogP contribution in [-0.2, 0) is 0 Å². The number of nitrogens with one attached hydrogen (secondary N) is 1. The Hall–Kier alpha value is -4.15. The van der Waals surface area contributed by atoms with Gasteiger partial charge in [0.25, 0.3) is 0 Å². The zero-order valence-electron chi connectivity index (χ0n) is 17.9. The van der Waals surface area contributed by atoms with Crippen LogP contribution < -0.4 is 10.5 Å². The summed E-state index contributed by atoms with van der Waals surface area (Å²) in [6, 6.07) is 9.83. The van der Waals surface area contributed by atoms with Gasteiger partial charge in [0, 0.05) is 18.7 Å². The molecule has 0 unspecified atom stereocenters. The van der Waals surface area contributed by atoms with E-state index in [1.54, 1.807) is 19.1 Å². The number of carboxylic acid groups (broad SMARTS) is 1. The SMILES string of the molecule is Cc1cc(-c2cnc(C(C=C(N)Oc3cccc(F)c3)=NCCC(F)(F)F)[nH]2)ccc1C(=O)O. The van der Waals surface area contributed by atoms with Crippen LogP contribution in [-0.4, -0.2) is 39.5 Å². The van der Waals surface area contributed by atoms with Gasteiger partial charge in [-0.15, -0.1) is 0 Å². The summed E-state index contributed by atoms with van der Waals surface area (Å²) in [7, 11) is 0. The minimum atomic E-state index is -4.40. The Bertz CT molecular complexity index is 1250. The number of aromatic nitrogens is 2. The van der Waals surface area contributed by atoms with Gasteiger partial charge < -0.3 is 20.6 Å². The maximum atomic E-state index is 13.4. The number of imidazole rings is 1. The van der Waals surface area contributed by atoms with E-state index < -0.39 is 30.9 Å². The highest BCUT2D eigenvalue weighted by molar-refractivity contribution is 6.06. The van der Waals surface area contributed by atoms with Crippen molar-refractivity contribution in [2.45, 2.75) is 19.5 Å².